The molecule has 0 saturated carbocycles. The summed E-state index contributed by atoms with van der Waals surface area (Å²) < 4.78 is 11.3. The topological polar surface area (TPSA) is 30.5 Å². The third-order valence-corrected chi connectivity index (χ3v) is 3.50. The third kappa shape index (κ3) is 2.10. The van der Waals surface area contributed by atoms with E-state index in [4.69, 9.17) is 9.47 Å². The lowest BCUT2D eigenvalue weighted by atomic mass is 9.92. The lowest BCUT2D eigenvalue weighted by Crippen LogP contribution is -2.58. The van der Waals surface area contributed by atoms with E-state index in [1.54, 1.807) is 0 Å². The van der Waals surface area contributed by atoms with Crippen LogP contribution in [0.5, 0.6) is 0 Å². The second kappa shape index (κ2) is 4.17. The Morgan fingerprint density at radius 2 is 2.00 bits per heavy atom. The molecule has 2 fully saturated rings. The maximum absolute atomic E-state index is 5.99. The van der Waals surface area contributed by atoms with E-state index < -0.39 is 0 Å². The van der Waals surface area contributed by atoms with Gasteiger partial charge in [-0.15, -0.1) is 0 Å². The largest absolute Gasteiger partial charge is 0.381 e. The molecule has 2 saturated heterocycles. The Morgan fingerprint density at radius 1 is 1.29 bits per heavy atom. The summed E-state index contributed by atoms with van der Waals surface area (Å²) in [4.78, 5) is 0. The van der Waals surface area contributed by atoms with Gasteiger partial charge in [-0.3, -0.25) is 5.32 Å². The van der Waals surface area contributed by atoms with E-state index in [1.807, 2.05) is 0 Å². The molecule has 0 amide bonds. The van der Waals surface area contributed by atoms with Gasteiger partial charge in [0.25, 0.3) is 0 Å². The van der Waals surface area contributed by atoms with Crippen molar-refractivity contribution >= 4 is 0 Å². The second-order valence-corrected chi connectivity index (χ2v) is 4.80. The Bertz CT molecular complexity index is 178. The van der Waals surface area contributed by atoms with Crippen LogP contribution < -0.4 is 5.32 Å². The predicted octanol–water partition coefficient (Wildman–Crippen LogP) is 1.39. The highest BCUT2D eigenvalue weighted by Gasteiger charge is 2.37. The fraction of sp³-hybridized carbons (Fsp3) is 1.00. The first-order valence-corrected chi connectivity index (χ1v) is 5.69. The van der Waals surface area contributed by atoms with Gasteiger partial charge in [-0.1, -0.05) is 13.8 Å². The number of ether oxygens (including phenoxy) is 2. The minimum absolute atomic E-state index is 0.0519. The average molecular weight is 199 g/mol. The molecule has 14 heavy (non-hydrogen) atoms. The summed E-state index contributed by atoms with van der Waals surface area (Å²) in [5.74, 6) is 1.38. The molecule has 0 aromatic rings. The quantitative estimate of drug-likeness (QED) is 0.692. The maximum Gasteiger partial charge on any atom is 0.123 e. The number of hydrogen-bond acceptors (Lipinski definition) is 3. The molecule has 0 radical (unpaired) electrons. The standard InChI is InChI=1S/C11H21NO2/c1-9(2)10-7-12-11(14-8-10)3-5-13-6-4-11/h9-10,12H,3-8H2,1-2H3. The molecule has 2 rings (SSSR count). The van der Waals surface area contributed by atoms with Crippen molar-refractivity contribution in [2.45, 2.75) is 32.4 Å². The van der Waals surface area contributed by atoms with Crippen LogP contribution in [-0.4, -0.2) is 32.1 Å². The van der Waals surface area contributed by atoms with Crippen LogP contribution in [0.2, 0.25) is 0 Å². The molecule has 3 nitrogen and oxygen atoms in total. The summed E-state index contributed by atoms with van der Waals surface area (Å²) in [6, 6.07) is 0. The number of nitrogens with one attached hydrogen (secondary N) is 1. The molecule has 1 spiro atoms. The smallest absolute Gasteiger partial charge is 0.123 e. The summed E-state index contributed by atoms with van der Waals surface area (Å²) in [6.45, 7) is 8.19. The first-order valence-electron chi connectivity index (χ1n) is 5.69. The van der Waals surface area contributed by atoms with Gasteiger partial charge in [0, 0.05) is 19.4 Å². The molecule has 82 valence electrons. The molecule has 3 heteroatoms. The SMILES string of the molecule is CC(C)C1CNC2(CCOCC2)OC1. The zero-order valence-corrected chi connectivity index (χ0v) is 9.21. The van der Waals surface area contributed by atoms with Crippen molar-refractivity contribution in [1.82, 2.24) is 5.32 Å². The summed E-state index contributed by atoms with van der Waals surface area (Å²) in [6.07, 6.45) is 2.00. The van der Waals surface area contributed by atoms with Crippen LogP contribution in [0.1, 0.15) is 26.7 Å². The molecule has 2 aliphatic rings. The van der Waals surface area contributed by atoms with E-state index >= 15 is 0 Å². The fourth-order valence-electron chi connectivity index (χ4n) is 2.14. The second-order valence-electron chi connectivity index (χ2n) is 4.80. The highest BCUT2D eigenvalue weighted by atomic mass is 16.5. The van der Waals surface area contributed by atoms with E-state index in [9.17, 15) is 0 Å². The number of hydrogen-bond donors (Lipinski definition) is 1. The van der Waals surface area contributed by atoms with Crippen LogP contribution in [0.3, 0.4) is 0 Å². The highest BCUT2D eigenvalue weighted by molar-refractivity contribution is 4.86. The average Bonchev–Trinajstić information content (AvgIpc) is 2.19. The zero-order valence-electron chi connectivity index (χ0n) is 9.21. The van der Waals surface area contributed by atoms with E-state index in [-0.39, 0.29) is 5.72 Å². The Balaban J connectivity index is 1.87. The molecule has 0 bridgehead atoms. The Hall–Kier alpha value is -0.120. The van der Waals surface area contributed by atoms with Crippen molar-refractivity contribution in [1.29, 1.82) is 0 Å². The van der Waals surface area contributed by atoms with Gasteiger partial charge in [0.15, 0.2) is 0 Å². The molecule has 2 heterocycles. The van der Waals surface area contributed by atoms with Crippen LogP contribution in [0, 0.1) is 11.8 Å². The first-order chi connectivity index (χ1) is 6.72. The minimum atomic E-state index is -0.0519. The van der Waals surface area contributed by atoms with Gasteiger partial charge in [-0.05, 0) is 11.8 Å². The monoisotopic (exact) mass is 199 g/mol. The van der Waals surface area contributed by atoms with E-state index in [0.29, 0.717) is 11.8 Å². The molecule has 0 aromatic heterocycles. The molecule has 2 aliphatic heterocycles. The molecule has 0 aliphatic carbocycles. The fourth-order valence-corrected chi connectivity index (χ4v) is 2.14. The Kier molecular flexibility index (Phi) is 3.10. The van der Waals surface area contributed by atoms with Gasteiger partial charge in [-0.25, -0.2) is 0 Å². The first kappa shape index (κ1) is 10.4. The summed E-state index contributed by atoms with van der Waals surface area (Å²) in [7, 11) is 0. The molecule has 0 aromatic carbocycles. The van der Waals surface area contributed by atoms with Crippen LogP contribution in [0.15, 0.2) is 0 Å². The van der Waals surface area contributed by atoms with Gasteiger partial charge >= 0.3 is 0 Å². The molecular formula is C11H21NO2. The normalized spacial score (nSPS) is 32.4. The lowest BCUT2D eigenvalue weighted by Gasteiger charge is -2.44. The van der Waals surface area contributed by atoms with E-state index in [2.05, 4.69) is 19.2 Å². The molecule has 1 atom stereocenters. The van der Waals surface area contributed by atoms with Gasteiger partial charge in [0.05, 0.1) is 19.8 Å². The van der Waals surface area contributed by atoms with Gasteiger partial charge in [0.1, 0.15) is 5.72 Å². The van der Waals surface area contributed by atoms with Crippen LogP contribution >= 0.6 is 0 Å². The van der Waals surface area contributed by atoms with Gasteiger partial charge in [0.2, 0.25) is 0 Å². The maximum atomic E-state index is 5.99. The Labute approximate surface area is 86.2 Å². The predicted molar refractivity (Wildman–Crippen MR) is 55.1 cm³/mol. The van der Waals surface area contributed by atoms with Crippen molar-refractivity contribution in [3.63, 3.8) is 0 Å². The van der Waals surface area contributed by atoms with Crippen molar-refractivity contribution in [3.8, 4) is 0 Å². The van der Waals surface area contributed by atoms with Crippen LogP contribution in [0.25, 0.3) is 0 Å². The van der Waals surface area contributed by atoms with Crippen molar-refractivity contribution < 1.29 is 9.47 Å². The van der Waals surface area contributed by atoms with Crippen molar-refractivity contribution in [2.24, 2.45) is 11.8 Å². The molecule has 1 N–H and O–H groups in total. The van der Waals surface area contributed by atoms with Gasteiger partial charge < -0.3 is 9.47 Å². The van der Waals surface area contributed by atoms with Crippen LogP contribution in [-0.2, 0) is 9.47 Å². The molecule has 1 unspecified atom stereocenters. The zero-order chi connectivity index (χ0) is 10.0. The van der Waals surface area contributed by atoms with Crippen LogP contribution in [0.4, 0.5) is 0 Å². The van der Waals surface area contributed by atoms with Crippen molar-refractivity contribution in [2.75, 3.05) is 26.4 Å². The van der Waals surface area contributed by atoms with E-state index in [0.717, 1.165) is 39.2 Å². The number of rotatable bonds is 1. The molecular weight excluding hydrogens is 178 g/mol. The van der Waals surface area contributed by atoms with Crippen molar-refractivity contribution in [3.05, 3.63) is 0 Å². The lowest BCUT2D eigenvalue weighted by molar-refractivity contribution is -0.166. The summed E-state index contributed by atoms with van der Waals surface area (Å²) in [5, 5.41) is 3.56. The summed E-state index contributed by atoms with van der Waals surface area (Å²) in [5.41, 5.74) is -0.0519. The van der Waals surface area contributed by atoms with Gasteiger partial charge in [-0.2, -0.15) is 0 Å². The highest BCUT2D eigenvalue weighted by Crippen LogP contribution is 2.28. The summed E-state index contributed by atoms with van der Waals surface area (Å²) >= 11 is 0. The minimum Gasteiger partial charge on any atom is -0.381 e. The third-order valence-electron chi connectivity index (χ3n) is 3.50. The Morgan fingerprint density at radius 3 is 2.50 bits per heavy atom. The van der Waals surface area contributed by atoms with E-state index in [1.165, 1.54) is 0 Å².